The first-order valence-electron chi connectivity index (χ1n) is 13.1. The van der Waals surface area contributed by atoms with Gasteiger partial charge in [-0.05, 0) is 56.4 Å². The van der Waals surface area contributed by atoms with Gasteiger partial charge in [0, 0.05) is 13.0 Å². The Balaban J connectivity index is 1.33. The minimum atomic E-state index is -4.83. The number of halogens is 3. The topological polar surface area (TPSA) is 114 Å². The Hall–Kier alpha value is -4.35. The average Bonchev–Trinajstić information content (AvgIpc) is 2.93. The van der Waals surface area contributed by atoms with E-state index in [0.29, 0.717) is 43.7 Å². The molecule has 3 aromatic rings. The summed E-state index contributed by atoms with van der Waals surface area (Å²) in [5, 5.41) is 12.1. The molecule has 41 heavy (non-hydrogen) atoms. The van der Waals surface area contributed by atoms with Gasteiger partial charge < -0.3 is 24.8 Å². The molecule has 1 amide bonds. The summed E-state index contributed by atoms with van der Waals surface area (Å²) < 4.78 is 48.3. The number of carboxylic acid groups (broad SMARTS) is 1. The number of rotatable bonds is 10. The van der Waals surface area contributed by atoms with E-state index in [9.17, 15) is 27.9 Å². The standard InChI is InChI=1S/C29H31F3N4O5/c1-28(2,27(38)39)20-12-9-19(10-13-20)11-14-26(37)35-24-16-33-17-25(34-24)36-15-5-6-21(18-36)40-22-7-3-4-8-23(22)41-29(30,31)32/h3-4,7-10,12-13,16-17,21H,5-6,11,14-15,18H2,1-2H3,(H,38,39)(H,34,35,37). The number of piperidine rings is 1. The molecule has 4 rings (SSSR count). The van der Waals surface area contributed by atoms with Crippen LogP contribution in [0.2, 0.25) is 0 Å². The zero-order chi connectivity index (χ0) is 29.6. The van der Waals surface area contributed by atoms with E-state index in [2.05, 4.69) is 20.0 Å². The molecule has 0 bridgehead atoms. The van der Waals surface area contributed by atoms with Crippen molar-refractivity contribution in [2.24, 2.45) is 0 Å². The van der Waals surface area contributed by atoms with Crippen LogP contribution in [0.15, 0.2) is 60.9 Å². The number of alkyl halides is 3. The van der Waals surface area contributed by atoms with Gasteiger partial charge in [-0.25, -0.2) is 4.98 Å². The Kier molecular flexibility index (Phi) is 8.99. The lowest BCUT2D eigenvalue weighted by Crippen LogP contribution is -2.41. The van der Waals surface area contributed by atoms with Crippen LogP contribution in [0.1, 0.15) is 44.2 Å². The van der Waals surface area contributed by atoms with Gasteiger partial charge >= 0.3 is 12.3 Å². The van der Waals surface area contributed by atoms with Crippen molar-refractivity contribution in [1.82, 2.24) is 9.97 Å². The van der Waals surface area contributed by atoms with E-state index >= 15 is 0 Å². The Morgan fingerprint density at radius 1 is 1.07 bits per heavy atom. The van der Waals surface area contributed by atoms with Crippen molar-refractivity contribution in [3.63, 3.8) is 0 Å². The van der Waals surface area contributed by atoms with E-state index in [1.807, 2.05) is 17.0 Å². The summed E-state index contributed by atoms with van der Waals surface area (Å²) >= 11 is 0. The van der Waals surface area contributed by atoms with Crippen LogP contribution in [0.25, 0.3) is 0 Å². The molecule has 2 aromatic carbocycles. The quantitative estimate of drug-likeness (QED) is 0.334. The van der Waals surface area contributed by atoms with Crippen molar-refractivity contribution in [3.8, 4) is 11.5 Å². The zero-order valence-electron chi connectivity index (χ0n) is 22.6. The number of hydrogen-bond acceptors (Lipinski definition) is 7. The highest BCUT2D eigenvalue weighted by molar-refractivity contribution is 5.89. The summed E-state index contributed by atoms with van der Waals surface area (Å²) in [5.74, 6) is -0.787. The fourth-order valence-corrected chi connectivity index (χ4v) is 4.42. The van der Waals surface area contributed by atoms with Gasteiger partial charge in [-0.1, -0.05) is 36.4 Å². The lowest BCUT2D eigenvalue weighted by Gasteiger charge is -2.33. The molecule has 1 unspecified atom stereocenters. The fraction of sp³-hybridized carbons (Fsp3) is 0.379. The lowest BCUT2D eigenvalue weighted by atomic mass is 9.84. The Morgan fingerprint density at radius 3 is 2.46 bits per heavy atom. The van der Waals surface area contributed by atoms with Gasteiger partial charge in [0.15, 0.2) is 17.3 Å². The molecule has 1 fully saturated rings. The molecule has 0 spiro atoms. The molecule has 1 aliphatic heterocycles. The summed E-state index contributed by atoms with van der Waals surface area (Å²) in [6.07, 6.45) is -0.254. The van der Waals surface area contributed by atoms with Gasteiger partial charge in [0.2, 0.25) is 5.91 Å². The van der Waals surface area contributed by atoms with E-state index in [-0.39, 0.29) is 23.9 Å². The van der Waals surface area contributed by atoms with Crippen LogP contribution in [-0.4, -0.2) is 52.5 Å². The van der Waals surface area contributed by atoms with E-state index in [0.717, 1.165) is 5.56 Å². The third kappa shape index (κ3) is 8.09. The molecule has 1 saturated heterocycles. The molecule has 0 radical (unpaired) electrons. The fourth-order valence-electron chi connectivity index (χ4n) is 4.42. The van der Waals surface area contributed by atoms with E-state index in [1.54, 1.807) is 38.2 Å². The maximum absolute atomic E-state index is 12.8. The first-order valence-corrected chi connectivity index (χ1v) is 13.1. The van der Waals surface area contributed by atoms with E-state index in [4.69, 9.17) is 4.74 Å². The molecular formula is C29H31F3N4O5. The van der Waals surface area contributed by atoms with Crippen molar-refractivity contribution in [2.75, 3.05) is 23.3 Å². The van der Waals surface area contributed by atoms with Gasteiger partial charge in [0.25, 0.3) is 0 Å². The Bertz CT molecular complexity index is 1370. The number of amides is 1. The largest absolute Gasteiger partial charge is 0.573 e. The second-order valence-electron chi connectivity index (χ2n) is 10.3. The number of ether oxygens (including phenoxy) is 2. The van der Waals surface area contributed by atoms with E-state index < -0.39 is 29.6 Å². The Morgan fingerprint density at radius 2 is 1.78 bits per heavy atom. The highest BCUT2D eigenvalue weighted by Crippen LogP contribution is 2.34. The molecule has 1 aliphatic rings. The maximum Gasteiger partial charge on any atom is 0.573 e. The average molecular weight is 573 g/mol. The third-order valence-corrected chi connectivity index (χ3v) is 6.81. The molecule has 1 atom stereocenters. The molecule has 1 aromatic heterocycles. The molecule has 2 heterocycles. The SMILES string of the molecule is CC(C)(C(=O)O)c1ccc(CCC(=O)Nc2cncc(N3CCCC(Oc4ccccc4OC(F)(F)F)C3)n2)cc1. The smallest absolute Gasteiger partial charge is 0.485 e. The molecule has 2 N–H and O–H groups in total. The number of hydrogen-bond donors (Lipinski definition) is 2. The van der Waals surface area contributed by atoms with Crippen LogP contribution in [0, 0.1) is 0 Å². The monoisotopic (exact) mass is 572 g/mol. The van der Waals surface area contributed by atoms with E-state index in [1.165, 1.54) is 24.4 Å². The van der Waals surface area contributed by atoms with Crippen LogP contribution >= 0.6 is 0 Å². The lowest BCUT2D eigenvalue weighted by molar-refractivity contribution is -0.275. The number of carbonyl (C=O) groups is 2. The first kappa shape index (κ1) is 29.6. The molecule has 0 saturated carbocycles. The summed E-state index contributed by atoms with van der Waals surface area (Å²) in [7, 11) is 0. The van der Waals surface area contributed by atoms with Crippen molar-refractivity contribution >= 4 is 23.5 Å². The number of aromatic nitrogens is 2. The highest BCUT2D eigenvalue weighted by atomic mass is 19.4. The molecule has 12 heteroatoms. The number of para-hydroxylation sites is 2. The van der Waals surface area contributed by atoms with Crippen molar-refractivity contribution in [1.29, 1.82) is 0 Å². The predicted octanol–water partition coefficient (Wildman–Crippen LogP) is 5.36. The van der Waals surface area contributed by atoms with Crippen LogP contribution < -0.4 is 19.7 Å². The summed E-state index contributed by atoms with van der Waals surface area (Å²) in [4.78, 5) is 34.6. The summed E-state index contributed by atoms with van der Waals surface area (Å²) in [6.45, 7) is 4.27. The number of anilines is 2. The van der Waals surface area contributed by atoms with Crippen LogP contribution in [0.5, 0.6) is 11.5 Å². The second-order valence-corrected chi connectivity index (χ2v) is 10.3. The maximum atomic E-state index is 12.8. The number of carbonyl (C=O) groups excluding carboxylic acids is 1. The number of carboxylic acids is 1. The zero-order valence-corrected chi connectivity index (χ0v) is 22.6. The van der Waals surface area contributed by atoms with Gasteiger partial charge in [0.1, 0.15) is 11.9 Å². The minimum absolute atomic E-state index is 0.00371. The van der Waals surface area contributed by atoms with Crippen LogP contribution in [-0.2, 0) is 21.4 Å². The summed E-state index contributed by atoms with van der Waals surface area (Å²) in [6, 6.07) is 12.8. The van der Waals surface area contributed by atoms with Crippen LogP contribution in [0.4, 0.5) is 24.8 Å². The predicted molar refractivity (Wildman–Crippen MR) is 145 cm³/mol. The summed E-state index contributed by atoms with van der Waals surface area (Å²) in [5.41, 5.74) is 0.563. The minimum Gasteiger partial charge on any atom is -0.485 e. The van der Waals surface area contributed by atoms with Gasteiger partial charge in [0.05, 0.1) is 24.4 Å². The molecular weight excluding hydrogens is 541 g/mol. The highest BCUT2D eigenvalue weighted by Gasteiger charge is 2.33. The number of nitrogens with one attached hydrogen (secondary N) is 1. The second kappa shape index (κ2) is 12.4. The van der Waals surface area contributed by atoms with Crippen molar-refractivity contribution in [2.45, 2.75) is 57.4 Å². The van der Waals surface area contributed by atoms with Gasteiger partial charge in [-0.2, -0.15) is 0 Å². The van der Waals surface area contributed by atoms with Gasteiger partial charge in [-0.3, -0.25) is 14.6 Å². The number of benzene rings is 2. The number of aliphatic carboxylic acids is 1. The normalized spacial score (nSPS) is 15.7. The molecule has 218 valence electrons. The van der Waals surface area contributed by atoms with Crippen molar-refractivity contribution < 1.29 is 37.3 Å². The molecule has 9 nitrogen and oxygen atoms in total. The Labute approximate surface area is 235 Å². The molecule has 0 aliphatic carbocycles. The third-order valence-electron chi connectivity index (χ3n) is 6.81. The van der Waals surface area contributed by atoms with Crippen LogP contribution in [0.3, 0.4) is 0 Å². The number of aryl methyl sites for hydroxylation is 1. The first-order chi connectivity index (χ1) is 19.4. The van der Waals surface area contributed by atoms with Crippen molar-refractivity contribution in [3.05, 3.63) is 72.1 Å². The number of nitrogens with zero attached hydrogens (tertiary/aromatic N) is 3. The van der Waals surface area contributed by atoms with Gasteiger partial charge in [-0.15, -0.1) is 13.2 Å².